The molecule has 1 fully saturated rings. The van der Waals surface area contributed by atoms with Crippen LogP contribution in [0.25, 0.3) is 10.8 Å². The first kappa shape index (κ1) is 13.5. The van der Waals surface area contributed by atoms with Gasteiger partial charge in [-0.25, -0.2) is 8.42 Å². The van der Waals surface area contributed by atoms with Crippen LogP contribution >= 0.6 is 0 Å². The number of hydrogen-bond acceptors (Lipinski definition) is 4. The zero-order valence-electron chi connectivity index (χ0n) is 11.1. The molecule has 0 amide bonds. The van der Waals surface area contributed by atoms with E-state index in [1.165, 1.54) is 0 Å². The molecule has 2 heterocycles. The SMILES string of the molecule is O=S(=O)(c1cccc2ccncc12)N1CCCNCC1. The number of pyridine rings is 1. The number of hydrogen-bond donors (Lipinski definition) is 1. The zero-order chi connectivity index (χ0) is 14.0. The minimum absolute atomic E-state index is 0.352. The number of nitrogens with one attached hydrogen (secondary N) is 1. The number of fused-ring (bicyclic) bond motifs is 1. The summed E-state index contributed by atoms with van der Waals surface area (Å²) in [7, 11) is -3.46. The standard InChI is InChI=1S/C14H17N3O2S/c18-20(19,17-9-2-6-15-8-10-17)14-4-1-3-12-5-7-16-11-13(12)14/h1,3-5,7,11,15H,2,6,8-10H2. The van der Waals surface area contributed by atoms with Crippen molar-refractivity contribution in [2.45, 2.75) is 11.3 Å². The van der Waals surface area contributed by atoms with E-state index in [-0.39, 0.29) is 0 Å². The molecule has 0 bridgehead atoms. The quantitative estimate of drug-likeness (QED) is 0.903. The molecule has 0 unspecified atom stereocenters. The second-order valence-electron chi connectivity index (χ2n) is 4.86. The van der Waals surface area contributed by atoms with Gasteiger partial charge in [0.05, 0.1) is 4.90 Å². The fraction of sp³-hybridized carbons (Fsp3) is 0.357. The molecule has 5 nitrogen and oxygen atoms in total. The Morgan fingerprint density at radius 1 is 1.15 bits per heavy atom. The number of nitrogens with zero attached hydrogens (tertiary/aromatic N) is 2. The first-order valence-corrected chi connectivity index (χ1v) is 8.17. The summed E-state index contributed by atoms with van der Waals surface area (Å²) in [6.45, 7) is 2.64. The molecule has 20 heavy (non-hydrogen) atoms. The molecule has 1 N–H and O–H groups in total. The third-order valence-electron chi connectivity index (χ3n) is 3.56. The van der Waals surface area contributed by atoms with E-state index in [1.807, 2.05) is 12.1 Å². The maximum atomic E-state index is 12.8. The van der Waals surface area contributed by atoms with Crippen molar-refractivity contribution < 1.29 is 8.42 Å². The summed E-state index contributed by atoms with van der Waals surface area (Å²) in [5, 5.41) is 4.80. The van der Waals surface area contributed by atoms with Gasteiger partial charge in [0.2, 0.25) is 10.0 Å². The van der Waals surface area contributed by atoms with E-state index in [1.54, 1.807) is 28.8 Å². The Morgan fingerprint density at radius 2 is 2.05 bits per heavy atom. The van der Waals surface area contributed by atoms with Crippen LogP contribution in [0.3, 0.4) is 0 Å². The van der Waals surface area contributed by atoms with E-state index < -0.39 is 10.0 Å². The summed E-state index contributed by atoms with van der Waals surface area (Å²) < 4.78 is 27.2. The molecule has 2 aromatic rings. The van der Waals surface area contributed by atoms with Crippen LogP contribution < -0.4 is 5.32 Å². The Labute approximate surface area is 118 Å². The highest BCUT2D eigenvalue weighted by molar-refractivity contribution is 7.89. The van der Waals surface area contributed by atoms with E-state index in [9.17, 15) is 8.42 Å². The fourth-order valence-electron chi connectivity index (χ4n) is 2.51. The van der Waals surface area contributed by atoms with Crippen LogP contribution in [0.2, 0.25) is 0 Å². The lowest BCUT2D eigenvalue weighted by atomic mass is 10.2. The number of rotatable bonds is 2. The molecule has 0 atom stereocenters. The van der Waals surface area contributed by atoms with Gasteiger partial charge in [-0.15, -0.1) is 0 Å². The summed E-state index contributed by atoms with van der Waals surface area (Å²) in [6, 6.07) is 7.18. The molecule has 1 aromatic carbocycles. The second-order valence-corrected chi connectivity index (χ2v) is 6.77. The number of sulfonamides is 1. The summed E-state index contributed by atoms with van der Waals surface area (Å²) in [5.74, 6) is 0. The molecule has 0 spiro atoms. The molecule has 6 heteroatoms. The van der Waals surface area contributed by atoms with Crippen molar-refractivity contribution in [3.8, 4) is 0 Å². The lowest BCUT2D eigenvalue weighted by Gasteiger charge is -2.20. The molecule has 1 aromatic heterocycles. The van der Waals surface area contributed by atoms with Gasteiger partial charge in [-0.3, -0.25) is 4.98 Å². The maximum absolute atomic E-state index is 12.8. The van der Waals surface area contributed by atoms with Crippen molar-refractivity contribution in [2.24, 2.45) is 0 Å². The van der Waals surface area contributed by atoms with Crippen molar-refractivity contribution >= 4 is 20.8 Å². The van der Waals surface area contributed by atoms with Gasteiger partial charge in [-0.1, -0.05) is 12.1 Å². The van der Waals surface area contributed by atoms with Crippen LogP contribution in [0.5, 0.6) is 0 Å². The smallest absolute Gasteiger partial charge is 0.243 e. The highest BCUT2D eigenvalue weighted by Crippen LogP contribution is 2.25. The second kappa shape index (κ2) is 5.47. The Bertz CT molecular complexity index is 702. The zero-order valence-corrected chi connectivity index (χ0v) is 11.9. The predicted molar refractivity (Wildman–Crippen MR) is 78.0 cm³/mol. The van der Waals surface area contributed by atoms with E-state index in [0.29, 0.717) is 29.9 Å². The van der Waals surface area contributed by atoms with Crippen molar-refractivity contribution in [3.63, 3.8) is 0 Å². The molecule has 0 radical (unpaired) electrons. The summed E-state index contributed by atoms with van der Waals surface area (Å²) in [4.78, 5) is 4.41. The third kappa shape index (κ3) is 2.42. The van der Waals surface area contributed by atoms with Gasteiger partial charge in [0.1, 0.15) is 0 Å². The van der Waals surface area contributed by atoms with Gasteiger partial charge in [0.15, 0.2) is 0 Å². The van der Waals surface area contributed by atoms with Gasteiger partial charge in [-0.05, 0) is 30.5 Å². The molecule has 3 rings (SSSR count). The minimum Gasteiger partial charge on any atom is -0.315 e. The van der Waals surface area contributed by atoms with Crippen molar-refractivity contribution in [1.29, 1.82) is 0 Å². The average molecular weight is 291 g/mol. The summed E-state index contributed by atoms with van der Waals surface area (Å²) in [6.07, 6.45) is 4.13. The van der Waals surface area contributed by atoms with Crippen LogP contribution in [-0.2, 0) is 10.0 Å². The van der Waals surface area contributed by atoms with Gasteiger partial charge in [0, 0.05) is 37.4 Å². The predicted octanol–water partition coefficient (Wildman–Crippen LogP) is 1.22. The van der Waals surface area contributed by atoms with Crippen LogP contribution in [-0.4, -0.2) is 43.9 Å². The van der Waals surface area contributed by atoms with Crippen molar-refractivity contribution in [2.75, 3.05) is 26.2 Å². The maximum Gasteiger partial charge on any atom is 0.243 e. The highest BCUT2D eigenvalue weighted by Gasteiger charge is 2.26. The molecule has 1 saturated heterocycles. The fourth-order valence-corrected chi connectivity index (χ4v) is 4.19. The lowest BCUT2D eigenvalue weighted by Crippen LogP contribution is -2.34. The Morgan fingerprint density at radius 3 is 2.95 bits per heavy atom. The first-order chi connectivity index (χ1) is 9.69. The lowest BCUT2D eigenvalue weighted by molar-refractivity contribution is 0.432. The van der Waals surface area contributed by atoms with Crippen LogP contribution in [0.4, 0.5) is 0 Å². The molecule has 0 saturated carbocycles. The van der Waals surface area contributed by atoms with E-state index >= 15 is 0 Å². The van der Waals surface area contributed by atoms with Gasteiger partial charge in [-0.2, -0.15) is 4.31 Å². The number of benzene rings is 1. The molecule has 1 aliphatic rings. The Kier molecular flexibility index (Phi) is 3.69. The molecular weight excluding hydrogens is 274 g/mol. The largest absolute Gasteiger partial charge is 0.315 e. The monoisotopic (exact) mass is 291 g/mol. The summed E-state index contributed by atoms with van der Waals surface area (Å²) in [5.41, 5.74) is 0. The van der Waals surface area contributed by atoms with E-state index in [4.69, 9.17) is 0 Å². The minimum atomic E-state index is -3.46. The topological polar surface area (TPSA) is 62.3 Å². The van der Waals surface area contributed by atoms with E-state index in [2.05, 4.69) is 10.3 Å². The average Bonchev–Trinajstić information content (AvgIpc) is 2.76. The number of aromatic nitrogens is 1. The van der Waals surface area contributed by atoms with Crippen molar-refractivity contribution in [1.82, 2.24) is 14.6 Å². The summed E-state index contributed by atoms with van der Waals surface area (Å²) >= 11 is 0. The van der Waals surface area contributed by atoms with Crippen LogP contribution in [0.1, 0.15) is 6.42 Å². The van der Waals surface area contributed by atoms with Gasteiger partial charge in [0.25, 0.3) is 0 Å². The molecule has 106 valence electrons. The highest BCUT2D eigenvalue weighted by atomic mass is 32.2. The van der Waals surface area contributed by atoms with Gasteiger partial charge >= 0.3 is 0 Å². The van der Waals surface area contributed by atoms with Gasteiger partial charge < -0.3 is 5.32 Å². The normalized spacial score (nSPS) is 18.0. The van der Waals surface area contributed by atoms with E-state index in [0.717, 1.165) is 18.4 Å². The third-order valence-corrected chi connectivity index (χ3v) is 5.52. The van der Waals surface area contributed by atoms with Crippen LogP contribution in [0.15, 0.2) is 41.6 Å². The van der Waals surface area contributed by atoms with Crippen molar-refractivity contribution in [3.05, 3.63) is 36.7 Å². The Hall–Kier alpha value is -1.50. The molecular formula is C14H17N3O2S. The molecule has 0 aliphatic carbocycles. The first-order valence-electron chi connectivity index (χ1n) is 6.73. The molecule has 1 aliphatic heterocycles. The Balaban J connectivity index is 2.09. The van der Waals surface area contributed by atoms with Crippen LogP contribution in [0, 0.1) is 0 Å².